The van der Waals surface area contributed by atoms with Crippen molar-refractivity contribution in [1.29, 1.82) is 0 Å². The van der Waals surface area contributed by atoms with E-state index in [4.69, 9.17) is 23.2 Å². The second-order valence-electron chi connectivity index (χ2n) is 3.82. The summed E-state index contributed by atoms with van der Waals surface area (Å²) in [6, 6.07) is 9.98. The minimum atomic E-state index is 0.352. The van der Waals surface area contributed by atoms with E-state index in [1.807, 2.05) is 12.1 Å². The lowest BCUT2D eigenvalue weighted by molar-refractivity contribution is 0.922. The quantitative estimate of drug-likeness (QED) is 0.823. The summed E-state index contributed by atoms with van der Waals surface area (Å²) in [5, 5.41) is 8.25. The van der Waals surface area contributed by atoms with Crippen LogP contribution in [0.15, 0.2) is 30.3 Å². The minimum absolute atomic E-state index is 0.352. The SMILES string of the molecule is CCCc1cccc(-c2cc(Cl)nnc2Cl)c1. The van der Waals surface area contributed by atoms with E-state index in [1.54, 1.807) is 6.07 Å². The molecule has 0 atom stereocenters. The molecule has 17 heavy (non-hydrogen) atoms. The molecule has 0 unspecified atom stereocenters. The molecule has 0 fully saturated rings. The highest BCUT2D eigenvalue weighted by Crippen LogP contribution is 2.28. The Morgan fingerprint density at radius 1 is 1.12 bits per heavy atom. The minimum Gasteiger partial charge on any atom is -0.137 e. The van der Waals surface area contributed by atoms with Gasteiger partial charge in [0.25, 0.3) is 0 Å². The van der Waals surface area contributed by atoms with Gasteiger partial charge in [-0.1, -0.05) is 60.8 Å². The molecule has 0 aliphatic rings. The van der Waals surface area contributed by atoms with Crippen LogP contribution in [0.5, 0.6) is 0 Å². The Balaban J connectivity index is 2.45. The third-order valence-corrected chi connectivity index (χ3v) is 2.96. The van der Waals surface area contributed by atoms with E-state index >= 15 is 0 Å². The number of aromatic nitrogens is 2. The van der Waals surface area contributed by atoms with Crippen LogP contribution in [0.2, 0.25) is 10.3 Å². The van der Waals surface area contributed by atoms with Crippen molar-refractivity contribution in [3.05, 3.63) is 46.2 Å². The predicted molar refractivity (Wildman–Crippen MR) is 71.5 cm³/mol. The van der Waals surface area contributed by atoms with Crippen LogP contribution in [0.25, 0.3) is 11.1 Å². The summed E-state index contributed by atoms with van der Waals surface area (Å²) in [7, 11) is 0. The van der Waals surface area contributed by atoms with E-state index in [0.717, 1.165) is 24.0 Å². The fourth-order valence-corrected chi connectivity index (χ4v) is 2.09. The Bertz CT molecular complexity index is 527. The summed E-state index contributed by atoms with van der Waals surface area (Å²) in [6.45, 7) is 2.16. The Morgan fingerprint density at radius 2 is 1.94 bits per heavy atom. The lowest BCUT2D eigenvalue weighted by atomic mass is 10.0. The lowest BCUT2D eigenvalue weighted by Crippen LogP contribution is -1.89. The van der Waals surface area contributed by atoms with Gasteiger partial charge in [-0.3, -0.25) is 0 Å². The highest BCUT2D eigenvalue weighted by atomic mass is 35.5. The summed E-state index contributed by atoms with van der Waals surface area (Å²) in [4.78, 5) is 0. The van der Waals surface area contributed by atoms with Gasteiger partial charge in [-0.05, 0) is 23.6 Å². The van der Waals surface area contributed by atoms with E-state index in [0.29, 0.717) is 10.3 Å². The first-order valence-electron chi connectivity index (χ1n) is 5.48. The molecule has 0 saturated carbocycles. The Morgan fingerprint density at radius 3 is 2.71 bits per heavy atom. The fourth-order valence-electron chi connectivity index (χ4n) is 1.74. The van der Waals surface area contributed by atoms with Gasteiger partial charge in [-0.25, -0.2) is 0 Å². The summed E-state index contributed by atoms with van der Waals surface area (Å²) in [5.41, 5.74) is 3.14. The molecule has 0 radical (unpaired) electrons. The molecule has 2 aromatic rings. The molecule has 4 heteroatoms. The van der Waals surface area contributed by atoms with Gasteiger partial charge in [0.05, 0.1) is 0 Å². The van der Waals surface area contributed by atoms with Crippen LogP contribution >= 0.6 is 23.2 Å². The third kappa shape index (κ3) is 2.96. The van der Waals surface area contributed by atoms with E-state index in [1.165, 1.54) is 5.56 Å². The number of hydrogen-bond donors (Lipinski definition) is 0. The van der Waals surface area contributed by atoms with Crippen LogP contribution in [0.3, 0.4) is 0 Å². The molecule has 1 heterocycles. The van der Waals surface area contributed by atoms with E-state index < -0.39 is 0 Å². The zero-order chi connectivity index (χ0) is 12.3. The van der Waals surface area contributed by atoms with Gasteiger partial charge in [0, 0.05) is 5.56 Å². The second kappa shape index (κ2) is 5.48. The van der Waals surface area contributed by atoms with E-state index in [-0.39, 0.29) is 0 Å². The molecule has 0 N–H and O–H groups in total. The normalized spacial score (nSPS) is 10.5. The standard InChI is InChI=1S/C13H12Cl2N2/c1-2-4-9-5-3-6-10(7-9)11-8-12(14)16-17-13(11)15/h3,5-8H,2,4H2,1H3. The molecule has 2 rings (SSSR count). The lowest BCUT2D eigenvalue weighted by Gasteiger charge is -2.06. The van der Waals surface area contributed by atoms with Crippen molar-refractivity contribution >= 4 is 23.2 Å². The maximum Gasteiger partial charge on any atom is 0.159 e. The number of rotatable bonds is 3. The third-order valence-electron chi connectivity index (χ3n) is 2.50. The molecule has 0 saturated heterocycles. The predicted octanol–water partition coefficient (Wildman–Crippen LogP) is 4.40. The van der Waals surface area contributed by atoms with Crippen LogP contribution in [0.4, 0.5) is 0 Å². The molecule has 1 aromatic heterocycles. The first-order chi connectivity index (χ1) is 8.20. The van der Waals surface area contributed by atoms with Gasteiger partial charge >= 0.3 is 0 Å². The number of aryl methyl sites for hydroxylation is 1. The van der Waals surface area contributed by atoms with Gasteiger partial charge < -0.3 is 0 Å². The van der Waals surface area contributed by atoms with Crippen LogP contribution in [-0.4, -0.2) is 10.2 Å². The largest absolute Gasteiger partial charge is 0.159 e. The molecule has 2 nitrogen and oxygen atoms in total. The fraction of sp³-hybridized carbons (Fsp3) is 0.231. The van der Waals surface area contributed by atoms with Crippen molar-refractivity contribution in [3.63, 3.8) is 0 Å². The number of nitrogens with zero attached hydrogens (tertiary/aromatic N) is 2. The molecule has 88 valence electrons. The summed E-state index contributed by atoms with van der Waals surface area (Å²) in [5.74, 6) is 0. The van der Waals surface area contributed by atoms with Gasteiger partial charge in [-0.15, -0.1) is 10.2 Å². The van der Waals surface area contributed by atoms with Crippen LogP contribution < -0.4 is 0 Å². The number of hydrogen-bond acceptors (Lipinski definition) is 2. The summed E-state index contributed by atoms with van der Waals surface area (Å²) < 4.78 is 0. The summed E-state index contributed by atoms with van der Waals surface area (Å²) in [6.07, 6.45) is 2.17. The highest BCUT2D eigenvalue weighted by molar-refractivity contribution is 6.33. The van der Waals surface area contributed by atoms with Gasteiger partial charge in [0.2, 0.25) is 0 Å². The topological polar surface area (TPSA) is 25.8 Å². The zero-order valence-electron chi connectivity index (χ0n) is 9.45. The van der Waals surface area contributed by atoms with Crippen molar-refractivity contribution in [3.8, 4) is 11.1 Å². The number of halogens is 2. The average molecular weight is 267 g/mol. The van der Waals surface area contributed by atoms with Crippen molar-refractivity contribution < 1.29 is 0 Å². The molecule has 0 spiro atoms. The Labute approximate surface area is 111 Å². The van der Waals surface area contributed by atoms with Crippen molar-refractivity contribution in [1.82, 2.24) is 10.2 Å². The monoisotopic (exact) mass is 266 g/mol. The van der Waals surface area contributed by atoms with Gasteiger partial charge in [0.1, 0.15) is 0 Å². The summed E-state index contributed by atoms with van der Waals surface area (Å²) >= 11 is 11.9. The van der Waals surface area contributed by atoms with Crippen molar-refractivity contribution in [2.45, 2.75) is 19.8 Å². The van der Waals surface area contributed by atoms with Gasteiger partial charge in [0.15, 0.2) is 10.3 Å². The Kier molecular flexibility index (Phi) is 3.97. The molecule has 0 amide bonds. The van der Waals surface area contributed by atoms with Crippen LogP contribution in [0.1, 0.15) is 18.9 Å². The maximum atomic E-state index is 6.03. The molecule has 0 aliphatic carbocycles. The second-order valence-corrected chi connectivity index (χ2v) is 4.57. The highest BCUT2D eigenvalue weighted by Gasteiger charge is 2.07. The molecule has 1 aromatic carbocycles. The molecule has 0 bridgehead atoms. The maximum absolute atomic E-state index is 6.03. The van der Waals surface area contributed by atoms with Crippen LogP contribution in [0, 0.1) is 0 Å². The Hall–Kier alpha value is -1.12. The molecular formula is C13H12Cl2N2. The first-order valence-corrected chi connectivity index (χ1v) is 6.24. The smallest absolute Gasteiger partial charge is 0.137 e. The average Bonchev–Trinajstić information content (AvgIpc) is 2.33. The van der Waals surface area contributed by atoms with Crippen molar-refractivity contribution in [2.24, 2.45) is 0 Å². The van der Waals surface area contributed by atoms with E-state index in [2.05, 4.69) is 29.3 Å². The van der Waals surface area contributed by atoms with Crippen molar-refractivity contribution in [2.75, 3.05) is 0 Å². The van der Waals surface area contributed by atoms with Crippen LogP contribution in [-0.2, 0) is 6.42 Å². The van der Waals surface area contributed by atoms with E-state index in [9.17, 15) is 0 Å². The number of benzene rings is 1. The molecule has 0 aliphatic heterocycles. The van der Waals surface area contributed by atoms with Gasteiger partial charge in [-0.2, -0.15) is 0 Å². The zero-order valence-corrected chi connectivity index (χ0v) is 11.0. The molecular weight excluding hydrogens is 255 g/mol. The first kappa shape index (κ1) is 12.3.